The van der Waals surface area contributed by atoms with Crippen molar-refractivity contribution in [3.8, 4) is 11.5 Å². The zero-order chi connectivity index (χ0) is 20.6. The van der Waals surface area contributed by atoms with E-state index in [1.165, 1.54) is 0 Å². The number of ether oxygens (including phenoxy) is 3. The summed E-state index contributed by atoms with van der Waals surface area (Å²) in [5, 5.41) is 11.1. The highest BCUT2D eigenvalue weighted by molar-refractivity contribution is 5.89. The Hall–Kier alpha value is -2.86. The molecule has 28 heavy (non-hydrogen) atoms. The smallest absolute Gasteiger partial charge is 0.346 e. The molecule has 0 aromatic heterocycles. The van der Waals surface area contributed by atoms with Crippen molar-refractivity contribution in [1.82, 2.24) is 0 Å². The van der Waals surface area contributed by atoms with E-state index in [0.29, 0.717) is 24.7 Å². The number of carbonyl (C=O) groups excluding carboxylic acids is 2. The van der Waals surface area contributed by atoms with Crippen molar-refractivity contribution in [3.05, 3.63) is 59.7 Å². The predicted molar refractivity (Wildman–Crippen MR) is 104 cm³/mol. The summed E-state index contributed by atoms with van der Waals surface area (Å²) < 4.78 is 15.5. The molecule has 0 spiro atoms. The van der Waals surface area contributed by atoms with Crippen LogP contribution in [0.5, 0.6) is 11.5 Å². The number of hydrogen-bond donors (Lipinski definition) is 1. The minimum absolute atomic E-state index is 0.00126. The Morgan fingerprint density at radius 1 is 0.821 bits per heavy atom. The van der Waals surface area contributed by atoms with Crippen molar-refractivity contribution >= 4 is 11.9 Å². The molecule has 2 rings (SSSR count). The molecule has 150 valence electrons. The van der Waals surface area contributed by atoms with Crippen LogP contribution in [-0.4, -0.2) is 35.9 Å². The second-order valence-electron chi connectivity index (χ2n) is 6.42. The average molecular weight is 386 g/mol. The predicted octanol–water partition coefficient (Wildman–Crippen LogP) is 3.09. The molecule has 0 fully saturated rings. The van der Waals surface area contributed by atoms with Crippen LogP contribution in [0.15, 0.2) is 48.5 Å². The van der Waals surface area contributed by atoms with Gasteiger partial charge in [0.15, 0.2) is 5.60 Å². The molecule has 2 aromatic carbocycles. The van der Waals surface area contributed by atoms with Crippen LogP contribution < -0.4 is 9.47 Å². The molecule has 0 aliphatic carbocycles. The lowest BCUT2D eigenvalue weighted by Crippen LogP contribution is -2.45. The van der Waals surface area contributed by atoms with E-state index in [1.807, 2.05) is 13.8 Å². The lowest BCUT2D eigenvalue weighted by molar-refractivity contribution is -0.173. The molecule has 6 heteroatoms. The molecule has 0 saturated heterocycles. The van der Waals surface area contributed by atoms with Gasteiger partial charge in [0.05, 0.1) is 13.2 Å². The first kappa shape index (κ1) is 21.4. The van der Waals surface area contributed by atoms with E-state index in [0.717, 1.165) is 18.1 Å². The van der Waals surface area contributed by atoms with Crippen molar-refractivity contribution in [3.63, 3.8) is 0 Å². The monoisotopic (exact) mass is 386 g/mol. The van der Waals surface area contributed by atoms with E-state index in [2.05, 4.69) is 0 Å². The third-order valence-corrected chi connectivity index (χ3v) is 4.08. The maximum Gasteiger partial charge on any atom is 0.346 e. The maximum absolute atomic E-state index is 12.5. The zero-order valence-corrected chi connectivity index (χ0v) is 16.4. The summed E-state index contributed by atoms with van der Waals surface area (Å²) in [4.78, 5) is 23.7. The summed E-state index contributed by atoms with van der Waals surface area (Å²) in [6.45, 7) is 6.01. The topological polar surface area (TPSA) is 82.1 Å². The molecule has 0 bridgehead atoms. The van der Waals surface area contributed by atoms with E-state index in [-0.39, 0.29) is 12.8 Å². The minimum Gasteiger partial charge on any atom is -0.494 e. The molecule has 0 unspecified atom stereocenters. The Morgan fingerprint density at radius 3 is 1.54 bits per heavy atom. The summed E-state index contributed by atoms with van der Waals surface area (Å²) in [5.74, 6) is -0.329. The fourth-order valence-electron chi connectivity index (χ4n) is 2.85. The lowest BCUT2D eigenvalue weighted by Gasteiger charge is -2.26. The molecular formula is C22H26O6. The van der Waals surface area contributed by atoms with Crippen molar-refractivity contribution in [2.75, 3.05) is 13.2 Å². The van der Waals surface area contributed by atoms with Gasteiger partial charge in [-0.15, -0.1) is 0 Å². The van der Waals surface area contributed by atoms with Gasteiger partial charge in [-0.3, -0.25) is 4.79 Å². The van der Waals surface area contributed by atoms with Crippen LogP contribution in [0.25, 0.3) is 0 Å². The quantitative estimate of drug-likeness (QED) is 0.527. The normalized spacial score (nSPS) is 11.0. The minimum atomic E-state index is -1.88. The molecule has 0 amide bonds. The Labute approximate surface area is 165 Å². The summed E-state index contributed by atoms with van der Waals surface area (Å²) in [6, 6.07) is 14.2. The number of aliphatic hydroxyl groups is 1. The molecule has 0 radical (unpaired) electrons. The molecule has 0 saturated carbocycles. The van der Waals surface area contributed by atoms with Crippen LogP contribution in [0, 0.1) is 0 Å². The SMILES string of the molecule is CCOc1ccc(CC(O)(Cc2ccc(OCC)cc2)C(=O)OC(C)=O)cc1. The van der Waals surface area contributed by atoms with Crippen molar-refractivity contribution in [2.45, 2.75) is 39.2 Å². The summed E-state index contributed by atoms with van der Waals surface area (Å²) in [7, 11) is 0. The summed E-state index contributed by atoms with van der Waals surface area (Å²) in [5.41, 5.74) is -0.443. The third-order valence-electron chi connectivity index (χ3n) is 4.08. The van der Waals surface area contributed by atoms with E-state index in [9.17, 15) is 14.7 Å². The standard InChI is InChI=1S/C22H26O6/c1-4-26-19-10-6-17(7-11-19)14-22(25,21(24)28-16(3)23)15-18-8-12-20(13-9-18)27-5-2/h6-13,25H,4-5,14-15H2,1-3H3. The van der Waals surface area contributed by atoms with Crippen LogP contribution in [0.1, 0.15) is 31.9 Å². The van der Waals surface area contributed by atoms with Crippen LogP contribution in [0.3, 0.4) is 0 Å². The number of rotatable bonds is 9. The maximum atomic E-state index is 12.5. The Kier molecular flexibility index (Phi) is 7.58. The Morgan fingerprint density at radius 2 is 1.21 bits per heavy atom. The number of esters is 2. The fourth-order valence-corrected chi connectivity index (χ4v) is 2.85. The second-order valence-corrected chi connectivity index (χ2v) is 6.42. The first-order valence-electron chi connectivity index (χ1n) is 9.25. The Bertz CT molecular complexity index is 728. The molecule has 0 heterocycles. The van der Waals surface area contributed by atoms with Gasteiger partial charge in [-0.05, 0) is 49.2 Å². The van der Waals surface area contributed by atoms with Crippen molar-refractivity contribution in [2.24, 2.45) is 0 Å². The van der Waals surface area contributed by atoms with Crippen LogP contribution in [-0.2, 0) is 27.2 Å². The summed E-state index contributed by atoms with van der Waals surface area (Å²) in [6.07, 6.45) is -0.00252. The van der Waals surface area contributed by atoms with E-state index < -0.39 is 17.5 Å². The number of benzene rings is 2. The third kappa shape index (κ3) is 6.09. The van der Waals surface area contributed by atoms with Gasteiger partial charge in [0.25, 0.3) is 0 Å². The molecule has 0 aliphatic heterocycles. The van der Waals surface area contributed by atoms with Gasteiger partial charge in [-0.1, -0.05) is 24.3 Å². The number of carbonyl (C=O) groups is 2. The van der Waals surface area contributed by atoms with E-state index >= 15 is 0 Å². The largest absolute Gasteiger partial charge is 0.494 e. The van der Waals surface area contributed by atoms with Gasteiger partial charge in [-0.25, -0.2) is 4.79 Å². The highest BCUT2D eigenvalue weighted by atomic mass is 16.6. The van der Waals surface area contributed by atoms with Crippen LogP contribution >= 0.6 is 0 Å². The van der Waals surface area contributed by atoms with Gasteiger partial charge < -0.3 is 19.3 Å². The molecule has 0 aliphatic rings. The first-order chi connectivity index (χ1) is 13.4. The second kappa shape index (κ2) is 9.90. The van der Waals surface area contributed by atoms with E-state index in [1.54, 1.807) is 48.5 Å². The molecule has 0 atom stereocenters. The summed E-state index contributed by atoms with van der Waals surface area (Å²) >= 11 is 0. The van der Waals surface area contributed by atoms with Crippen molar-refractivity contribution in [1.29, 1.82) is 0 Å². The Balaban J connectivity index is 2.23. The zero-order valence-electron chi connectivity index (χ0n) is 16.4. The highest BCUT2D eigenvalue weighted by Gasteiger charge is 2.39. The molecule has 1 N–H and O–H groups in total. The van der Waals surface area contributed by atoms with Crippen LogP contribution in [0.2, 0.25) is 0 Å². The molecular weight excluding hydrogens is 360 g/mol. The average Bonchev–Trinajstić information content (AvgIpc) is 2.65. The fraction of sp³-hybridized carbons (Fsp3) is 0.364. The number of hydrogen-bond acceptors (Lipinski definition) is 6. The van der Waals surface area contributed by atoms with E-state index in [4.69, 9.17) is 14.2 Å². The molecule has 6 nitrogen and oxygen atoms in total. The molecule has 2 aromatic rings. The van der Waals surface area contributed by atoms with Crippen LogP contribution in [0.4, 0.5) is 0 Å². The van der Waals surface area contributed by atoms with Gasteiger partial charge in [0.2, 0.25) is 0 Å². The van der Waals surface area contributed by atoms with Crippen molar-refractivity contribution < 1.29 is 28.9 Å². The van der Waals surface area contributed by atoms with Gasteiger partial charge in [-0.2, -0.15) is 0 Å². The highest BCUT2D eigenvalue weighted by Crippen LogP contribution is 2.24. The van der Waals surface area contributed by atoms with Gasteiger partial charge in [0, 0.05) is 19.8 Å². The first-order valence-corrected chi connectivity index (χ1v) is 9.25. The van der Waals surface area contributed by atoms with Gasteiger partial charge >= 0.3 is 11.9 Å². The lowest BCUT2D eigenvalue weighted by atomic mass is 9.88. The van der Waals surface area contributed by atoms with Gasteiger partial charge in [0.1, 0.15) is 11.5 Å².